The average Bonchev–Trinajstić information content (AvgIpc) is 2.90. The molecule has 0 bridgehead atoms. The van der Waals surface area contributed by atoms with Crippen molar-refractivity contribution < 1.29 is 22.6 Å². The maximum Gasteiger partial charge on any atom is 0.362 e. The van der Waals surface area contributed by atoms with E-state index < -0.39 is 28.3 Å². The van der Waals surface area contributed by atoms with Crippen molar-refractivity contribution in [1.29, 1.82) is 0 Å². The molecule has 3 saturated heterocycles. The Morgan fingerprint density at radius 2 is 1.96 bits per heavy atom. The highest BCUT2D eigenvalue weighted by molar-refractivity contribution is 7.84. The zero-order valence-corrected chi connectivity index (χ0v) is 15.2. The predicted octanol–water partition coefficient (Wildman–Crippen LogP) is 0.0963. The number of hydrogen-bond acceptors (Lipinski definition) is 5. The van der Waals surface area contributed by atoms with Gasteiger partial charge in [0.1, 0.15) is 6.04 Å². The second-order valence-electron chi connectivity index (χ2n) is 7.41. The summed E-state index contributed by atoms with van der Waals surface area (Å²) < 4.78 is 32.1. The maximum atomic E-state index is 12.7. The fraction of sp³-hybridized carbons (Fsp3) is 0.867. The first-order chi connectivity index (χ1) is 11.7. The van der Waals surface area contributed by atoms with Crippen LogP contribution in [0.4, 0.5) is 4.79 Å². The Kier molecular flexibility index (Phi) is 4.95. The van der Waals surface area contributed by atoms with E-state index in [2.05, 4.69) is 10.6 Å². The van der Waals surface area contributed by atoms with Crippen molar-refractivity contribution in [2.45, 2.75) is 63.1 Å². The zero-order valence-electron chi connectivity index (χ0n) is 14.4. The van der Waals surface area contributed by atoms with Crippen LogP contribution in [0.3, 0.4) is 0 Å². The van der Waals surface area contributed by atoms with E-state index in [1.807, 2.05) is 6.92 Å². The number of nitrogens with zero attached hydrogens (tertiary/aromatic N) is 2. The molecule has 3 N–H and O–H groups in total. The second kappa shape index (κ2) is 6.73. The third-order valence-electron chi connectivity index (χ3n) is 5.47. The van der Waals surface area contributed by atoms with Gasteiger partial charge in [-0.2, -0.15) is 8.42 Å². The van der Waals surface area contributed by atoms with Gasteiger partial charge in [-0.3, -0.25) is 9.35 Å². The Labute approximate surface area is 148 Å². The monoisotopic (exact) mass is 374 g/mol. The molecule has 10 heteroatoms. The van der Waals surface area contributed by atoms with Crippen LogP contribution in [-0.2, 0) is 15.1 Å². The number of likely N-dealkylation sites (tertiary alicyclic amines) is 1. The lowest BCUT2D eigenvalue weighted by Crippen LogP contribution is -2.69. The van der Waals surface area contributed by atoms with Gasteiger partial charge in [0.05, 0.1) is 6.04 Å². The minimum Gasteiger partial charge on any atom is -0.333 e. The molecular weight excluding hydrogens is 348 g/mol. The Morgan fingerprint density at radius 3 is 2.68 bits per heavy atom. The molecule has 3 heterocycles. The molecule has 0 aromatic heterocycles. The highest BCUT2D eigenvalue weighted by Gasteiger charge is 2.60. The smallest absolute Gasteiger partial charge is 0.333 e. The van der Waals surface area contributed by atoms with Crippen LogP contribution in [0, 0.1) is 0 Å². The molecule has 0 aliphatic carbocycles. The molecule has 0 radical (unpaired) electrons. The van der Waals surface area contributed by atoms with E-state index in [1.54, 1.807) is 0 Å². The maximum absolute atomic E-state index is 12.7. The number of hydrogen-bond donors (Lipinski definition) is 3. The molecule has 0 aromatic rings. The Hall–Kier alpha value is -1.39. The van der Waals surface area contributed by atoms with Crippen LogP contribution in [-0.4, -0.2) is 71.4 Å². The van der Waals surface area contributed by atoms with Crippen molar-refractivity contribution in [2.75, 3.05) is 19.6 Å². The van der Waals surface area contributed by atoms with Gasteiger partial charge < -0.3 is 15.5 Å². The average molecular weight is 374 g/mol. The van der Waals surface area contributed by atoms with Crippen molar-refractivity contribution in [3.63, 3.8) is 0 Å². The molecule has 0 aromatic carbocycles. The number of urea groups is 1. The van der Waals surface area contributed by atoms with Crippen LogP contribution in [0.25, 0.3) is 0 Å². The summed E-state index contributed by atoms with van der Waals surface area (Å²) in [7, 11) is -4.55. The van der Waals surface area contributed by atoms with E-state index >= 15 is 0 Å². The third-order valence-corrected chi connectivity index (χ3v) is 6.42. The van der Waals surface area contributed by atoms with Gasteiger partial charge >= 0.3 is 16.3 Å². The Bertz CT molecular complexity index is 642. The fourth-order valence-corrected chi connectivity index (χ4v) is 5.02. The number of nitrogens with one attached hydrogen (secondary N) is 2. The minimum absolute atomic E-state index is 0.302. The number of rotatable bonds is 2. The number of carbonyl (C=O) groups excluding carboxylic acids is 2. The molecule has 142 valence electrons. The van der Waals surface area contributed by atoms with E-state index in [1.165, 1.54) is 4.90 Å². The molecule has 3 atom stereocenters. The summed E-state index contributed by atoms with van der Waals surface area (Å²) in [6.07, 6.45) is 5.09. The fourth-order valence-electron chi connectivity index (χ4n) is 4.12. The summed E-state index contributed by atoms with van der Waals surface area (Å²) in [6, 6.07) is -1.76. The highest BCUT2D eigenvalue weighted by atomic mass is 32.2. The zero-order chi connectivity index (χ0) is 18.2. The second-order valence-corrected chi connectivity index (χ2v) is 8.70. The van der Waals surface area contributed by atoms with Gasteiger partial charge in [-0.1, -0.05) is 0 Å². The lowest BCUT2D eigenvalue weighted by molar-refractivity contribution is -0.143. The first-order valence-corrected chi connectivity index (χ1v) is 10.2. The number of amides is 3. The Balaban J connectivity index is 1.65. The van der Waals surface area contributed by atoms with E-state index in [9.17, 15) is 18.0 Å². The SMILES string of the molecule is C[C@@]1(NC(=O)N2CC[C@@H]3[C@H]2C(=O)N3S(=O)(=O)O)CCCCNCCC1. The van der Waals surface area contributed by atoms with Crippen LogP contribution in [0.5, 0.6) is 0 Å². The minimum atomic E-state index is -4.55. The number of carbonyl (C=O) groups is 2. The molecule has 3 aliphatic rings. The molecule has 0 saturated carbocycles. The molecule has 0 spiro atoms. The van der Waals surface area contributed by atoms with Crippen molar-refractivity contribution >= 4 is 22.2 Å². The normalized spacial score (nSPS) is 33.8. The van der Waals surface area contributed by atoms with Gasteiger partial charge in [0, 0.05) is 12.1 Å². The molecule has 9 nitrogen and oxygen atoms in total. The summed E-state index contributed by atoms with van der Waals surface area (Å²) in [5, 5.41) is 6.43. The summed E-state index contributed by atoms with van der Waals surface area (Å²) in [5.41, 5.74) is -0.337. The largest absolute Gasteiger partial charge is 0.362 e. The summed E-state index contributed by atoms with van der Waals surface area (Å²) in [5.74, 6) is -0.732. The third kappa shape index (κ3) is 3.61. The molecule has 0 unspecified atom stereocenters. The van der Waals surface area contributed by atoms with Gasteiger partial charge in [-0.15, -0.1) is 0 Å². The van der Waals surface area contributed by atoms with Crippen molar-refractivity contribution in [3.05, 3.63) is 0 Å². The molecule has 3 aliphatic heterocycles. The van der Waals surface area contributed by atoms with Crippen molar-refractivity contribution in [1.82, 2.24) is 19.8 Å². The molecule has 25 heavy (non-hydrogen) atoms. The van der Waals surface area contributed by atoms with Gasteiger partial charge in [0.15, 0.2) is 0 Å². The predicted molar refractivity (Wildman–Crippen MR) is 90.2 cm³/mol. The van der Waals surface area contributed by atoms with Gasteiger partial charge in [-0.25, -0.2) is 9.10 Å². The quantitative estimate of drug-likeness (QED) is 0.466. The summed E-state index contributed by atoms with van der Waals surface area (Å²) >= 11 is 0. The van der Waals surface area contributed by atoms with Crippen LogP contribution in [0.1, 0.15) is 45.4 Å². The van der Waals surface area contributed by atoms with Gasteiger partial charge in [0.25, 0.3) is 5.91 Å². The van der Waals surface area contributed by atoms with Gasteiger partial charge in [-0.05, 0) is 58.5 Å². The van der Waals surface area contributed by atoms with Gasteiger partial charge in [0.2, 0.25) is 0 Å². The van der Waals surface area contributed by atoms with E-state index in [4.69, 9.17) is 4.55 Å². The Morgan fingerprint density at radius 1 is 1.28 bits per heavy atom. The highest BCUT2D eigenvalue weighted by Crippen LogP contribution is 2.36. The number of fused-ring (bicyclic) bond motifs is 1. The molecule has 3 rings (SSSR count). The van der Waals surface area contributed by atoms with Crippen LogP contribution in [0.15, 0.2) is 0 Å². The van der Waals surface area contributed by atoms with Crippen LogP contribution in [0.2, 0.25) is 0 Å². The topological polar surface area (TPSA) is 119 Å². The van der Waals surface area contributed by atoms with E-state index in [0.717, 1.165) is 45.2 Å². The summed E-state index contributed by atoms with van der Waals surface area (Å²) in [6.45, 7) is 4.23. The molecule has 3 fully saturated rings. The number of β-lactam (4-membered cyclic amide) rings is 1. The standard InChI is InChI=1S/C15H26N4O5S/c1-15(6-2-3-8-16-9-4-7-15)17-14(21)18-10-5-11-12(18)13(20)19(11)25(22,23)24/h11-12,16H,2-10H2,1H3,(H,17,21)(H,22,23,24)/t11-,12+,15-/m1/s1. The van der Waals surface area contributed by atoms with Crippen molar-refractivity contribution in [3.8, 4) is 0 Å². The lowest BCUT2D eigenvalue weighted by Gasteiger charge is -2.43. The van der Waals surface area contributed by atoms with Crippen molar-refractivity contribution in [2.24, 2.45) is 0 Å². The first-order valence-electron chi connectivity index (χ1n) is 8.83. The van der Waals surface area contributed by atoms with E-state index in [0.29, 0.717) is 17.3 Å². The lowest BCUT2D eigenvalue weighted by atomic mass is 9.90. The molecular formula is C15H26N4O5S. The van der Waals surface area contributed by atoms with Crippen LogP contribution >= 0.6 is 0 Å². The first kappa shape index (κ1) is 18.4. The molecule has 3 amide bonds. The van der Waals surface area contributed by atoms with Crippen LogP contribution < -0.4 is 10.6 Å². The summed E-state index contributed by atoms with van der Waals surface area (Å²) in [4.78, 5) is 26.2. The van der Waals surface area contributed by atoms with E-state index in [-0.39, 0.29) is 11.6 Å².